The minimum Gasteiger partial charge on any atom is -0.504 e. The van der Waals surface area contributed by atoms with Crippen LogP contribution >= 0.6 is 11.8 Å². The molecular formula is C27H27N5O3S. The lowest BCUT2D eigenvalue weighted by Gasteiger charge is -2.11. The van der Waals surface area contributed by atoms with Gasteiger partial charge >= 0.3 is 0 Å². The molecule has 0 unspecified atom stereocenters. The summed E-state index contributed by atoms with van der Waals surface area (Å²) in [6.07, 6.45) is 1.38. The quantitative estimate of drug-likeness (QED) is 0.192. The second kappa shape index (κ2) is 11.5. The normalized spacial score (nSPS) is 11.1. The Morgan fingerprint density at radius 3 is 2.44 bits per heavy atom. The first-order chi connectivity index (χ1) is 17.5. The fourth-order valence-corrected chi connectivity index (χ4v) is 4.18. The van der Waals surface area contributed by atoms with Crippen LogP contribution in [-0.2, 0) is 4.79 Å². The van der Waals surface area contributed by atoms with E-state index in [0.29, 0.717) is 28.9 Å². The van der Waals surface area contributed by atoms with E-state index in [-0.39, 0.29) is 17.4 Å². The second-order valence-electron chi connectivity index (χ2n) is 8.05. The van der Waals surface area contributed by atoms with E-state index in [4.69, 9.17) is 4.74 Å². The van der Waals surface area contributed by atoms with Gasteiger partial charge in [0.15, 0.2) is 22.5 Å². The van der Waals surface area contributed by atoms with Gasteiger partial charge in [0.2, 0.25) is 0 Å². The highest BCUT2D eigenvalue weighted by molar-refractivity contribution is 7.99. The molecule has 0 fully saturated rings. The van der Waals surface area contributed by atoms with Gasteiger partial charge in [0, 0.05) is 16.8 Å². The van der Waals surface area contributed by atoms with Crippen molar-refractivity contribution in [3.05, 3.63) is 83.4 Å². The lowest BCUT2D eigenvalue weighted by molar-refractivity contribution is -0.118. The van der Waals surface area contributed by atoms with Gasteiger partial charge in [-0.25, -0.2) is 5.43 Å². The van der Waals surface area contributed by atoms with Crippen molar-refractivity contribution in [2.24, 2.45) is 5.10 Å². The molecule has 0 bridgehead atoms. The third kappa shape index (κ3) is 5.92. The Kier molecular flexibility index (Phi) is 8.02. The minimum absolute atomic E-state index is 0.0263. The maximum Gasteiger partial charge on any atom is 0.250 e. The van der Waals surface area contributed by atoms with E-state index < -0.39 is 0 Å². The van der Waals surface area contributed by atoms with Gasteiger partial charge in [0.25, 0.3) is 5.91 Å². The number of hydrogen-bond acceptors (Lipinski definition) is 7. The Bertz CT molecular complexity index is 1370. The van der Waals surface area contributed by atoms with Crippen LogP contribution in [0.3, 0.4) is 0 Å². The van der Waals surface area contributed by atoms with Crippen molar-refractivity contribution in [3.63, 3.8) is 0 Å². The highest BCUT2D eigenvalue weighted by atomic mass is 32.2. The Morgan fingerprint density at radius 1 is 1.06 bits per heavy atom. The van der Waals surface area contributed by atoms with Crippen LogP contribution in [0.5, 0.6) is 11.5 Å². The van der Waals surface area contributed by atoms with Gasteiger partial charge in [0.05, 0.1) is 18.6 Å². The average Bonchev–Trinajstić information content (AvgIpc) is 3.30. The molecule has 0 aliphatic heterocycles. The highest BCUT2D eigenvalue weighted by Gasteiger charge is 2.17. The smallest absolute Gasteiger partial charge is 0.250 e. The predicted octanol–water partition coefficient (Wildman–Crippen LogP) is 4.90. The topological polar surface area (TPSA) is 102 Å². The summed E-state index contributed by atoms with van der Waals surface area (Å²) >= 11 is 1.27. The first-order valence-electron chi connectivity index (χ1n) is 11.4. The fraction of sp³-hybridized carbons (Fsp3) is 0.185. The summed E-state index contributed by atoms with van der Waals surface area (Å²) in [6.45, 7) is 6.33. The summed E-state index contributed by atoms with van der Waals surface area (Å²) in [5.41, 5.74) is 7.08. The fourth-order valence-electron chi connectivity index (χ4n) is 3.43. The number of hydrogen-bond donors (Lipinski definition) is 2. The number of para-hydroxylation sites is 1. The Morgan fingerprint density at radius 2 is 1.75 bits per heavy atom. The van der Waals surface area contributed by atoms with Crippen LogP contribution in [0.1, 0.15) is 23.6 Å². The van der Waals surface area contributed by atoms with E-state index in [1.807, 2.05) is 73.9 Å². The molecule has 0 spiro atoms. The largest absolute Gasteiger partial charge is 0.504 e. The highest BCUT2D eigenvalue weighted by Crippen LogP contribution is 2.29. The van der Waals surface area contributed by atoms with Crippen LogP contribution in [0, 0.1) is 13.8 Å². The predicted molar refractivity (Wildman–Crippen MR) is 142 cm³/mol. The van der Waals surface area contributed by atoms with Crippen molar-refractivity contribution in [1.29, 1.82) is 0 Å². The molecule has 2 N–H and O–H groups in total. The van der Waals surface area contributed by atoms with Gasteiger partial charge in [-0.2, -0.15) is 5.10 Å². The molecule has 0 saturated heterocycles. The molecule has 9 heteroatoms. The zero-order valence-electron chi connectivity index (χ0n) is 20.3. The zero-order chi connectivity index (χ0) is 25.5. The number of benzene rings is 3. The summed E-state index contributed by atoms with van der Waals surface area (Å²) in [6, 6.07) is 21.2. The van der Waals surface area contributed by atoms with Gasteiger partial charge in [-0.15, -0.1) is 10.2 Å². The van der Waals surface area contributed by atoms with Crippen LogP contribution < -0.4 is 10.2 Å². The standard InChI is InChI=1S/C27H27N5O3S/c1-4-35-23-7-5-6-21(25(23)34)16-28-29-24(33)17-36-27-31-30-26(20-12-8-18(2)9-13-20)32(27)22-14-10-19(3)11-15-22/h5-16,34H,4,17H2,1-3H3,(H,29,33)/b28-16-. The number of aromatic hydroxyl groups is 1. The number of carbonyl (C=O) groups is 1. The number of ether oxygens (including phenoxy) is 1. The van der Waals surface area contributed by atoms with E-state index >= 15 is 0 Å². The van der Waals surface area contributed by atoms with E-state index in [1.165, 1.54) is 18.0 Å². The van der Waals surface area contributed by atoms with Crippen molar-refractivity contribution in [1.82, 2.24) is 20.2 Å². The lowest BCUT2D eigenvalue weighted by atomic mass is 10.1. The second-order valence-corrected chi connectivity index (χ2v) is 8.99. The van der Waals surface area contributed by atoms with E-state index in [1.54, 1.807) is 18.2 Å². The molecule has 4 aromatic rings. The van der Waals surface area contributed by atoms with Gasteiger partial charge in [-0.05, 0) is 45.0 Å². The van der Waals surface area contributed by atoms with Crippen molar-refractivity contribution < 1.29 is 14.6 Å². The van der Waals surface area contributed by atoms with Crippen LogP contribution in [0.15, 0.2) is 77.0 Å². The Labute approximate surface area is 214 Å². The maximum absolute atomic E-state index is 12.5. The van der Waals surface area contributed by atoms with Gasteiger partial charge in [-0.3, -0.25) is 9.36 Å². The average molecular weight is 502 g/mol. The minimum atomic E-state index is -0.313. The molecule has 0 radical (unpaired) electrons. The van der Waals surface area contributed by atoms with E-state index in [0.717, 1.165) is 22.4 Å². The molecule has 1 heterocycles. The number of thioether (sulfide) groups is 1. The van der Waals surface area contributed by atoms with Crippen molar-refractivity contribution in [2.45, 2.75) is 25.9 Å². The number of aryl methyl sites for hydroxylation is 2. The molecule has 0 saturated carbocycles. The summed E-state index contributed by atoms with van der Waals surface area (Å²) in [4.78, 5) is 12.5. The lowest BCUT2D eigenvalue weighted by Crippen LogP contribution is -2.20. The molecule has 4 rings (SSSR count). The van der Waals surface area contributed by atoms with E-state index in [2.05, 4.69) is 20.7 Å². The van der Waals surface area contributed by atoms with Crippen LogP contribution in [0.2, 0.25) is 0 Å². The van der Waals surface area contributed by atoms with Gasteiger partial charge in [0.1, 0.15) is 0 Å². The molecule has 0 aliphatic carbocycles. The molecular weight excluding hydrogens is 474 g/mol. The Hall–Kier alpha value is -4.11. The third-order valence-electron chi connectivity index (χ3n) is 5.29. The SMILES string of the molecule is CCOc1cccc(/C=N\NC(=O)CSc2nnc(-c3ccc(C)cc3)n2-c2ccc(C)cc2)c1O. The number of nitrogens with one attached hydrogen (secondary N) is 1. The Balaban J connectivity index is 1.49. The molecule has 0 atom stereocenters. The molecule has 0 aliphatic rings. The number of phenolic OH excluding ortho intramolecular Hbond substituents is 1. The molecule has 8 nitrogen and oxygen atoms in total. The van der Waals surface area contributed by atoms with Crippen molar-refractivity contribution in [2.75, 3.05) is 12.4 Å². The summed E-state index contributed by atoms with van der Waals surface area (Å²) in [5, 5.41) is 23.6. The number of phenols is 1. The number of rotatable bonds is 9. The zero-order valence-corrected chi connectivity index (χ0v) is 21.1. The monoisotopic (exact) mass is 501 g/mol. The van der Waals surface area contributed by atoms with Crippen LogP contribution in [0.25, 0.3) is 17.1 Å². The molecule has 36 heavy (non-hydrogen) atoms. The maximum atomic E-state index is 12.5. The van der Waals surface area contributed by atoms with Crippen LogP contribution in [0.4, 0.5) is 0 Å². The molecule has 1 aromatic heterocycles. The summed E-state index contributed by atoms with van der Waals surface area (Å²) in [5.74, 6) is 0.807. The first-order valence-corrected chi connectivity index (χ1v) is 12.4. The van der Waals surface area contributed by atoms with Crippen molar-refractivity contribution in [3.8, 4) is 28.6 Å². The third-order valence-corrected chi connectivity index (χ3v) is 6.22. The van der Waals surface area contributed by atoms with Gasteiger partial charge in [-0.1, -0.05) is 65.4 Å². The summed E-state index contributed by atoms with van der Waals surface area (Å²) in [7, 11) is 0. The molecule has 1 amide bonds. The van der Waals surface area contributed by atoms with Crippen LogP contribution in [-0.4, -0.2) is 44.4 Å². The summed E-state index contributed by atoms with van der Waals surface area (Å²) < 4.78 is 7.32. The number of hydrazone groups is 1. The molecule has 3 aromatic carbocycles. The number of nitrogens with zero attached hydrogens (tertiary/aromatic N) is 4. The number of amides is 1. The van der Waals surface area contributed by atoms with Gasteiger partial charge < -0.3 is 9.84 Å². The number of aromatic nitrogens is 3. The number of carbonyl (C=O) groups excluding carboxylic acids is 1. The first kappa shape index (κ1) is 25.0. The van der Waals surface area contributed by atoms with E-state index in [9.17, 15) is 9.90 Å². The molecule has 184 valence electrons. The van der Waals surface area contributed by atoms with Crippen molar-refractivity contribution >= 4 is 23.9 Å².